The van der Waals surface area contributed by atoms with Crippen LogP contribution in [0.3, 0.4) is 0 Å². The Labute approximate surface area is 311 Å². The average molecular weight is 783 g/mol. The quantitative estimate of drug-likeness (QED) is 0.0696. The molecule has 0 aromatic heterocycles. The number of carbonyl (C=O) groups is 3. The number of hydrogen-bond acceptors (Lipinski definition) is 7. The van der Waals surface area contributed by atoms with Crippen LogP contribution in [0.15, 0.2) is 24.5 Å². The van der Waals surface area contributed by atoms with Crippen LogP contribution in [0, 0.1) is 35.5 Å². The molecule has 2 aliphatic rings. The van der Waals surface area contributed by atoms with Crippen LogP contribution in [-0.4, -0.2) is 31.1 Å². The minimum Gasteiger partial charge on any atom is -0.462 e. The van der Waals surface area contributed by atoms with Crippen LogP contribution >= 0.6 is 69.6 Å². The molecule has 0 saturated heterocycles. The highest BCUT2D eigenvalue weighted by molar-refractivity contribution is 6.46. The molecule has 2 aromatic rings. The molecule has 7 nitrogen and oxygen atoms in total. The van der Waals surface area contributed by atoms with Crippen LogP contribution in [0.5, 0.6) is 11.5 Å². The SMILES string of the molecule is C=C(Oc1c(Cl)cc(Cl)c(Cl)c1C(=O)OCC1CC(C)CC1CC)C(=O)Oc1c(Cl)cc(Cl)c(Cl)c1C(=O)OCC1CC(C)CC1CC. The van der Waals surface area contributed by atoms with E-state index in [-0.39, 0.29) is 72.1 Å². The van der Waals surface area contributed by atoms with E-state index in [1.165, 1.54) is 12.1 Å². The van der Waals surface area contributed by atoms with Crippen molar-refractivity contribution in [3.05, 3.63) is 65.7 Å². The number of halogens is 6. The van der Waals surface area contributed by atoms with Gasteiger partial charge in [0.25, 0.3) is 0 Å². The molecule has 2 aliphatic carbocycles. The fraction of sp³-hybridized carbons (Fsp3) is 0.514. The van der Waals surface area contributed by atoms with E-state index in [1.54, 1.807) is 0 Å². The molecule has 6 atom stereocenters. The number of benzene rings is 2. The highest BCUT2D eigenvalue weighted by Gasteiger charge is 2.35. The zero-order valence-electron chi connectivity index (χ0n) is 27.1. The maximum atomic E-state index is 13.4. The largest absolute Gasteiger partial charge is 0.462 e. The molecule has 262 valence electrons. The van der Waals surface area contributed by atoms with Gasteiger partial charge in [-0.2, -0.15) is 0 Å². The molecule has 6 unspecified atom stereocenters. The van der Waals surface area contributed by atoms with Crippen molar-refractivity contribution >= 4 is 87.5 Å². The number of hydrogen-bond donors (Lipinski definition) is 0. The summed E-state index contributed by atoms with van der Waals surface area (Å²) in [4.78, 5) is 40.0. The van der Waals surface area contributed by atoms with Gasteiger partial charge in [0, 0.05) is 0 Å². The molecule has 2 fully saturated rings. The van der Waals surface area contributed by atoms with Gasteiger partial charge in [0.1, 0.15) is 11.1 Å². The maximum absolute atomic E-state index is 13.4. The maximum Gasteiger partial charge on any atom is 0.379 e. The summed E-state index contributed by atoms with van der Waals surface area (Å²) < 4.78 is 22.5. The third-order valence-corrected chi connectivity index (χ3v) is 11.5. The summed E-state index contributed by atoms with van der Waals surface area (Å²) in [7, 11) is 0. The second-order valence-electron chi connectivity index (χ2n) is 12.8. The molecule has 0 heterocycles. The van der Waals surface area contributed by atoms with Gasteiger partial charge in [0.15, 0.2) is 11.5 Å². The van der Waals surface area contributed by atoms with E-state index in [0.717, 1.165) is 38.5 Å². The van der Waals surface area contributed by atoms with Crippen LogP contribution in [0.1, 0.15) is 86.9 Å². The van der Waals surface area contributed by atoms with Crippen molar-refractivity contribution in [2.45, 2.75) is 66.2 Å². The van der Waals surface area contributed by atoms with Gasteiger partial charge in [-0.05, 0) is 79.9 Å². The van der Waals surface area contributed by atoms with Gasteiger partial charge in [-0.1, -0.05) is 110 Å². The van der Waals surface area contributed by atoms with Crippen molar-refractivity contribution in [2.75, 3.05) is 13.2 Å². The van der Waals surface area contributed by atoms with Crippen molar-refractivity contribution in [1.29, 1.82) is 0 Å². The molecule has 0 spiro atoms. The molecular weight excluding hydrogens is 745 g/mol. The molecule has 4 rings (SSSR count). The predicted molar refractivity (Wildman–Crippen MR) is 190 cm³/mol. The summed E-state index contributed by atoms with van der Waals surface area (Å²) in [6.07, 6.45) is 5.88. The summed E-state index contributed by atoms with van der Waals surface area (Å²) in [5.41, 5.74) is -0.622. The first-order valence-corrected chi connectivity index (χ1v) is 18.2. The van der Waals surface area contributed by atoms with Gasteiger partial charge < -0.3 is 18.9 Å². The van der Waals surface area contributed by atoms with Crippen LogP contribution in [0.2, 0.25) is 30.1 Å². The highest BCUT2D eigenvalue weighted by Crippen LogP contribution is 2.44. The van der Waals surface area contributed by atoms with E-state index < -0.39 is 29.4 Å². The predicted octanol–water partition coefficient (Wildman–Crippen LogP) is 11.6. The van der Waals surface area contributed by atoms with Gasteiger partial charge in [-0.25, -0.2) is 14.4 Å². The molecule has 2 saturated carbocycles. The highest BCUT2D eigenvalue weighted by atomic mass is 35.5. The van der Waals surface area contributed by atoms with Crippen LogP contribution in [0.25, 0.3) is 0 Å². The molecule has 0 radical (unpaired) electrons. The topological polar surface area (TPSA) is 88.1 Å². The van der Waals surface area contributed by atoms with E-state index in [1.807, 2.05) is 0 Å². The lowest BCUT2D eigenvalue weighted by atomic mass is 9.94. The zero-order chi connectivity index (χ0) is 35.4. The van der Waals surface area contributed by atoms with Crippen LogP contribution in [-0.2, 0) is 14.3 Å². The number of esters is 3. The summed E-state index contributed by atoms with van der Waals surface area (Å²) in [6.45, 7) is 12.5. The van der Waals surface area contributed by atoms with Crippen LogP contribution < -0.4 is 9.47 Å². The molecule has 13 heteroatoms. The standard InChI is InChI=1S/C35H38Cl6O7/c1-6-19-8-16(3)10-21(19)14-45-34(43)27-29(40)23(36)12-25(38)31(27)47-18(5)33(42)48-32-26(39)13-24(37)30(41)28(32)35(44)46-15-22-11-17(4)9-20(22)7-2/h12-13,16-17,19-22H,5-11,14-15H2,1-4H3. The Bertz CT molecular complexity index is 1460. The Morgan fingerprint density at radius 2 is 1.02 bits per heavy atom. The van der Waals surface area contributed by atoms with Gasteiger partial charge in [0.05, 0.1) is 43.3 Å². The third kappa shape index (κ3) is 8.88. The van der Waals surface area contributed by atoms with Crippen molar-refractivity contribution in [3.8, 4) is 11.5 Å². The monoisotopic (exact) mass is 780 g/mol. The first-order valence-electron chi connectivity index (χ1n) is 15.9. The summed E-state index contributed by atoms with van der Waals surface area (Å²) in [6, 6.07) is 2.47. The van der Waals surface area contributed by atoms with E-state index >= 15 is 0 Å². The van der Waals surface area contributed by atoms with E-state index in [4.69, 9.17) is 88.6 Å². The van der Waals surface area contributed by atoms with E-state index in [9.17, 15) is 14.4 Å². The molecule has 0 bridgehead atoms. The first kappa shape index (κ1) is 38.9. The molecule has 48 heavy (non-hydrogen) atoms. The van der Waals surface area contributed by atoms with Gasteiger partial charge >= 0.3 is 17.9 Å². The Balaban J connectivity index is 1.53. The Morgan fingerprint density at radius 3 is 1.42 bits per heavy atom. The average Bonchev–Trinajstić information content (AvgIpc) is 3.60. The van der Waals surface area contributed by atoms with Gasteiger partial charge in [-0.3, -0.25) is 0 Å². The lowest BCUT2D eigenvalue weighted by Gasteiger charge is -2.20. The normalized spacial score (nSPS) is 23.5. The Morgan fingerprint density at radius 1 is 0.646 bits per heavy atom. The molecule has 0 N–H and O–H groups in total. The summed E-state index contributed by atoms with van der Waals surface area (Å²) in [5, 5.41) is -0.817. The number of carbonyl (C=O) groups excluding carboxylic acids is 3. The lowest BCUT2D eigenvalue weighted by Crippen LogP contribution is -2.21. The zero-order valence-corrected chi connectivity index (χ0v) is 31.6. The summed E-state index contributed by atoms with van der Waals surface area (Å²) >= 11 is 38.1. The number of rotatable bonds is 12. The lowest BCUT2D eigenvalue weighted by molar-refractivity contribution is -0.132. The van der Waals surface area contributed by atoms with Gasteiger partial charge in [-0.15, -0.1) is 0 Å². The Kier molecular flexibility index (Phi) is 13.7. The fourth-order valence-electron chi connectivity index (χ4n) is 6.98. The van der Waals surface area contributed by atoms with Crippen molar-refractivity contribution in [1.82, 2.24) is 0 Å². The molecular formula is C35H38Cl6O7. The Hall–Kier alpha value is -1.87. The molecule has 0 aliphatic heterocycles. The molecule has 2 aromatic carbocycles. The second-order valence-corrected chi connectivity index (χ2v) is 15.2. The van der Waals surface area contributed by atoms with E-state index in [2.05, 4.69) is 34.3 Å². The van der Waals surface area contributed by atoms with Crippen molar-refractivity contribution in [2.24, 2.45) is 35.5 Å². The minimum atomic E-state index is -1.19. The first-order chi connectivity index (χ1) is 22.7. The second kappa shape index (κ2) is 16.9. The smallest absolute Gasteiger partial charge is 0.379 e. The fourth-order valence-corrected chi connectivity index (χ4v) is 8.42. The minimum absolute atomic E-state index is 0.0295. The summed E-state index contributed by atoms with van der Waals surface area (Å²) in [5.74, 6) is -2.02. The number of ether oxygens (including phenoxy) is 4. The van der Waals surface area contributed by atoms with Gasteiger partial charge in [0.2, 0.25) is 5.76 Å². The molecule has 0 amide bonds. The van der Waals surface area contributed by atoms with Crippen molar-refractivity contribution < 1.29 is 33.3 Å². The van der Waals surface area contributed by atoms with Crippen molar-refractivity contribution in [3.63, 3.8) is 0 Å². The van der Waals surface area contributed by atoms with Crippen LogP contribution in [0.4, 0.5) is 0 Å². The van der Waals surface area contributed by atoms with E-state index in [0.29, 0.717) is 23.7 Å². The third-order valence-electron chi connectivity index (χ3n) is 9.37.